The van der Waals surface area contributed by atoms with E-state index in [4.69, 9.17) is 22.1 Å². The molecular formula is C17H21ClN2O. The molecule has 21 heavy (non-hydrogen) atoms. The van der Waals surface area contributed by atoms with Crippen molar-refractivity contribution in [1.29, 1.82) is 0 Å². The zero-order chi connectivity index (χ0) is 15.6. The summed E-state index contributed by atoms with van der Waals surface area (Å²) in [5.74, 6) is 1.20. The predicted molar refractivity (Wildman–Crippen MR) is 87.1 cm³/mol. The number of rotatable bonds is 3. The van der Waals surface area contributed by atoms with Gasteiger partial charge in [-0.25, -0.2) is 4.98 Å². The normalized spacial score (nSPS) is 11.5. The molecule has 4 heteroatoms. The summed E-state index contributed by atoms with van der Waals surface area (Å²) in [4.78, 5) is 4.26. The molecule has 112 valence electrons. The minimum atomic E-state index is -0.0211. The van der Waals surface area contributed by atoms with Crippen molar-refractivity contribution in [2.24, 2.45) is 5.73 Å². The predicted octanol–water partition coefficient (Wildman–Crippen LogP) is 4.59. The van der Waals surface area contributed by atoms with Crippen molar-refractivity contribution in [3.63, 3.8) is 0 Å². The number of halogens is 1. The number of ether oxygens (including phenoxy) is 1. The Morgan fingerprint density at radius 3 is 2.52 bits per heavy atom. The van der Waals surface area contributed by atoms with Crippen molar-refractivity contribution in [1.82, 2.24) is 4.98 Å². The molecule has 3 nitrogen and oxygen atoms in total. The molecule has 2 aromatic rings. The number of aryl methyl sites for hydroxylation is 1. The molecule has 0 spiro atoms. The van der Waals surface area contributed by atoms with Gasteiger partial charge >= 0.3 is 0 Å². The molecule has 1 aromatic heterocycles. The van der Waals surface area contributed by atoms with Crippen LogP contribution in [0.1, 0.15) is 37.5 Å². The first-order valence-corrected chi connectivity index (χ1v) is 7.32. The van der Waals surface area contributed by atoms with E-state index in [1.165, 1.54) is 0 Å². The van der Waals surface area contributed by atoms with E-state index >= 15 is 0 Å². The first-order valence-electron chi connectivity index (χ1n) is 6.94. The van der Waals surface area contributed by atoms with Crippen LogP contribution >= 0.6 is 11.6 Å². The quantitative estimate of drug-likeness (QED) is 0.902. The second-order valence-electron chi connectivity index (χ2n) is 6.19. The maximum Gasteiger partial charge on any atom is 0.238 e. The Kier molecular flexibility index (Phi) is 4.55. The van der Waals surface area contributed by atoms with E-state index in [0.717, 1.165) is 22.4 Å². The summed E-state index contributed by atoms with van der Waals surface area (Å²) in [7, 11) is 0. The lowest BCUT2D eigenvalue weighted by Crippen LogP contribution is -2.12. The zero-order valence-electron chi connectivity index (χ0n) is 12.9. The average molecular weight is 305 g/mol. The van der Waals surface area contributed by atoms with Crippen molar-refractivity contribution in [2.75, 3.05) is 0 Å². The van der Waals surface area contributed by atoms with Gasteiger partial charge in [-0.15, -0.1) is 0 Å². The number of hydrogen-bond donors (Lipinski definition) is 1. The number of hydrogen-bond acceptors (Lipinski definition) is 3. The highest BCUT2D eigenvalue weighted by molar-refractivity contribution is 6.31. The SMILES string of the molecule is Cc1ccc(C(C)(C)C)c(Oc2ncc(CN)cc2Cl)c1. The Hall–Kier alpha value is -1.58. The molecule has 0 radical (unpaired) electrons. The van der Waals surface area contributed by atoms with Gasteiger partial charge < -0.3 is 10.5 Å². The van der Waals surface area contributed by atoms with Gasteiger partial charge in [-0.05, 0) is 35.6 Å². The fraction of sp³-hybridized carbons (Fsp3) is 0.353. The lowest BCUT2D eigenvalue weighted by molar-refractivity contribution is 0.439. The summed E-state index contributed by atoms with van der Waals surface area (Å²) in [6, 6.07) is 7.97. The van der Waals surface area contributed by atoms with E-state index in [0.29, 0.717) is 17.4 Å². The van der Waals surface area contributed by atoms with Gasteiger partial charge in [0, 0.05) is 18.3 Å². The van der Waals surface area contributed by atoms with Crippen LogP contribution in [0.3, 0.4) is 0 Å². The molecule has 0 fully saturated rings. The van der Waals surface area contributed by atoms with Crippen LogP contribution in [-0.4, -0.2) is 4.98 Å². The third kappa shape index (κ3) is 3.74. The van der Waals surface area contributed by atoms with Crippen LogP contribution in [0, 0.1) is 6.92 Å². The Labute approximate surface area is 131 Å². The topological polar surface area (TPSA) is 48.1 Å². The average Bonchev–Trinajstić information content (AvgIpc) is 2.39. The molecule has 0 aliphatic rings. The third-order valence-corrected chi connectivity index (χ3v) is 3.52. The van der Waals surface area contributed by atoms with E-state index in [2.05, 4.69) is 37.9 Å². The van der Waals surface area contributed by atoms with Crippen LogP contribution in [-0.2, 0) is 12.0 Å². The lowest BCUT2D eigenvalue weighted by Gasteiger charge is -2.23. The molecule has 2 rings (SSSR count). The molecule has 0 bridgehead atoms. The van der Waals surface area contributed by atoms with Crippen molar-refractivity contribution < 1.29 is 4.74 Å². The van der Waals surface area contributed by atoms with Crippen LogP contribution in [0.4, 0.5) is 0 Å². The summed E-state index contributed by atoms with van der Waals surface area (Å²) in [6.07, 6.45) is 1.69. The molecule has 0 atom stereocenters. The van der Waals surface area contributed by atoms with E-state index in [1.54, 1.807) is 12.3 Å². The Bertz CT molecular complexity index is 648. The molecule has 1 aromatic carbocycles. The van der Waals surface area contributed by atoms with Crippen molar-refractivity contribution >= 4 is 11.6 Å². The van der Waals surface area contributed by atoms with Crippen LogP contribution in [0.5, 0.6) is 11.6 Å². The van der Waals surface area contributed by atoms with Crippen LogP contribution in [0.2, 0.25) is 5.02 Å². The summed E-state index contributed by atoms with van der Waals surface area (Å²) >= 11 is 6.22. The van der Waals surface area contributed by atoms with E-state index in [9.17, 15) is 0 Å². The Balaban J connectivity index is 2.41. The van der Waals surface area contributed by atoms with Gasteiger partial charge in [0.15, 0.2) is 0 Å². The first-order chi connectivity index (χ1) is 9.81. The Morgan fingerprint density at radius 2 is 1.95 bits per heavy atom. The summed E-state index contributed by atoms with van der Waals surface area (Å²) < 4.78 is 5.96. The minimum Gasteiger partial charge on any atom is -0.437 e. The molecule has 2 N–H and O–H groups in total. The number of benzene rings is 1. The summed E-state index contributed by atoms with van der Waals surface area (Å²) in [6.45, 7) is 8.89. The number of aromatic nitrogens is 1. The molecule has 0 amide bonds. The van der Waals surface area contributed by atoms with Crippen molar-refractivity contribution in [3.05, 3.63) is 52.2 Å². The third-order valence-electron chi connectivity index (χ3n) is 3.25. The summed E-state index contributed by atoms with van der Waals surface area (Å²) in [5.41, 5.74) is 8.70. The fourth-order valence-corrected chi connectivity index (χ4v) is 2.32. The maximum atomic E-state index is 6.22. The van der Waals surface area contributed by atoms with Crippen molar-refractivity contribution in [2.45, 2.75) is 39.7 Å². The van der Waals surface area contributed by atoms with E-state index in [1.807, 2.05) is 13.0 Å². The second kappa shape index (κ2) is 6.04. The lowest BCUT2D eigenvalue weighted by atomic mass is 9.86. The van der Waals surface area contributed by atoms with Gasteiger partial charge in [-0.2, -0.15) is 0 Å². The van der Waals surface area contributed by atoms with Gasteiger partial charge in [-0.3, -0.25) is 0 Å². The fourth-order valence-electron chi connectivity index (χ4n) is 2.09. The largest absolute Gasteiger partial charge is 0.437 e. The second-order valence-corrected chi connectivity index (χ2v) is 6.59. The standard InChI is InChI=1S/C17H21ClN2O/c1-11-5-6-13(17(2,3)4)15(7-11)21-16-14(18)8-12(9-19)10-20-16/h5-8,10H,9,19H2,1-4H3. The highest BCUT2D eigenvalue weighted by atomic mass is 35.5. The van der Waals surface area contributed by atoms with E-state index < -0.39 is 0 Å². The van der Waals surface area contributed by atoms with Crippen molar-refractivity contribution in [3.8, 4) is 11.6 Å². The smallest absolute Gasteiger partial charge is 0.238 e. The summed E-state index contributed by atoms with van der Waals surface area (Å²) in [5, 5.41) is 0.472. The molecule has 0 saturated heterocycles. The van der Waals surface area contributed by atoms with E-state index in [-0.39, 0.29) is 5.41 Å². The molecule has 0 unspecified atom stereocenters. The maximum absolute atomic E-state index is 6.22. The highest BCUT2D eigenvalue weighted by Crippen LogP contribution is 2.36. The molecule has 0 saturated carbocycles. The molecular weight excluding hydrogens is 284 g/mol. The van der Waals surface area contributed by atoms with Crippen LogP contribution < -0.4 is 10.5 Å². The Morgan fingerprint density at radius 1 is 1.24 bits per heavy atom. The monoisotopic (exact) mass is 304 g/mol. The zero-order valence-corrected chi connectivity index (χ0v) is 13.7. The molecule has 0 aliphatic carbocycles. The van der Waals surface area contributed by atoms with Crippen LogP contribution in [0.25, 0.3) is 0 Å². The molecule has 1 heterocycles. The highest BCUT2D eigenvalue weighted by Gasteiger charge is 2.20. The number of pyridine rings is 1. The van der Waals surface area contributed by atoms with Gasteiger partial charge in [-0.1, -0.05) is 44.5 Å². The van der Waals surface area contributed by atoms with Gasteiger partial charge in [0.2, 0.25) is 5.88 Å². The first kappa shape index (κ1) is 15.8. The number of nitrogens with zero attached hydrogens (tertiary/aromatic N) is 1. The number of nitrogens with two attached hydrogens (primary N) is 1. The van der Waals surface area contributed by atoms with Gasteiger partial charge in [0.1, 0.15) is 10.8 Å². The van der Waals surface area contributed by atoms with Gasteiger partial charge in [0.05, 0.1) is 0 Å². The molecule has 0 aliphatic heterocycles. The minimum absolute atomic E-state index is 0.0211. The van der Waals surface area contributed by atoms with Crippen LogP contribution in [0.15, 0.2) is 30.5 Å². The van der Waals surface area contributed by atoms with Gasteiger partial charge in [0.25, 0.3) is 0 Å².